The molecule has 0 radical (unpaired) electrons. The van der Waals surface area contributed by atoms with Crippen LogP contribution in [0.25, 0.3) is 10.9 Å². The summed E-state index contributed by atoms with van der Waals surface area (Å²) in [5.41, 5.74) is 1.35. The highest BCUT2D eigenvalue weighted by atomic mass is 35.5. The monoisotopic (exact) mass is 399 g/mol. The Kier molecular flexibility index (Phi) is 9.13. The predicted octanol–water partition coefficient (Wildman–Crippen LogP) is 3.55. The third kappa shape index (κ3) is 5.22. The molecule has 1 aromatic carbocycles. The maximum atomic E-state index is 12.7. The Hall–Kier alpha value is -1.56. The molecule has 7 heteroatoms. The molecule has 1 amide bonds. The summed E-state index contributed by atoms with van der Waals surface area (Å²) in [6.07, 6.45) is 3.35. The van der Waals surface area contributed by atoms with Crippen LogP contribution in [-0.4, -0.2) is 49.6 Å². The first-order valence-corrected chi connectivity index (χ1v) is 8.60. The van der Waals surface area contributed by atoms with E-state index in [0.29, 0.717) is 5.69 Å². The molecule has 144 valence electrons. The molecule has 1 fully saturated rings. The summed E-state index contributed by atoms with van der Waals surface area (Å²) in [6, 6.07) is 9.46. The minimum absolute atomic E-state index is 0. The molecule has 1 aromatic heterocycles. The second-order valence-corrected chi connectivity index (χ2v) is 6.38. The third-order valence-electron chi connectivity index (χ3n) is 4.82. The van der Waals surface area contributed by atoms with Crippen molar-refractivity contribution in [2.75, 3.05) is 33.8 Å². The molecule has 5 nitrogen and oxygen atoms in total. The molecule has 2 heterocycles. The molecule has 1 aliphatic heterocycles. The third-order valence-corrected chi connectivity index (χ3v) is 4.82. The molecule has 1 aliphatic rings. The standard InChI is InChI=1S/C19H25N3O2.2ClH/c1-20-10-7-14-8-11-22(12-9-14)19(23)18-5-3-15-13-16(24-2)4-6-17(15)21-18;;/h3-6,13-14,20H,7-12H2,1-2H3;2*1H. The lowest BCUT2D eigenvalue weighted by Crippen LogP contribution is -2.39. The van der Waals surface area contributed by atoms with Crippen molar-refractivity contribution >= 4 is 41.6 Å². The van der Waals surface area contributed by atoms with E-state index in [9.17, 15) is 4.79 Å². The number of ether oxygens (including phenoxy) is 1. The van der Waals surface area contributed by atoms with Crippen LogP contribution in [0.2, 0.25) is 0 Å². The molecule has 2 aromatic rings. The zero-order chi connectivity index (χ0) is 16.9. The molecule has 0 spiro atoms. The number of hydrogen-bond acceptors (Lipinski definition) is 4. The zero-order valence-corrected chi connectivity index (χ0v) is 16.9. The van der Waals surface area contributed by atoms with E-state index in [2.05, 4.69) is 10.3 Å². The minimum atomic E-state index is 0. The molecular weight excluding hydrogens is 373 g/mol. The maximum absolute atomic E-state index is 12.7. The van der Waals surface area contributed by atoms with Crippen LogP contribution in [0.1, 0.15) is 29.8 Å². The summed E-state index contributed by atoms with van der Waals surface area (Å²) in [5, 5.41) is 4.18. The summed E-state index contributed by atoms with van der Waals surface area (Å²) >= 11 is 0. The number of benzene rings is 1. The average molecular weight is 400 g/mol. The molecule has 3 rings (SSSR count). The summed E-state index contributed by atoms with van der Waals surface area (Å²) < 4.78 is 5.23. The lowest BCUT2D eigenvalue weighted by Gasteiger charge is -2.31. The number of carbonyl (C=O) groups is 1. The number of likely N-dealkylation sites (tertiary alicyclic amines) is 1. The molecule has 0 atom stereocenters. The van der Waals surface area contributed by atoms with Crippen LogP contribution in [0.4, 0.5) is 0 Å². The molecule has 26 heavy (non-hydrogen) atoms. The van der Waals surface area contributed by atoms with E-state index < -0.39 is 0 Å². The summed E-state index contributed by atoms with van der Waals surface area (Å²) in [7, 11) is 3.63. The Morgan fingerprint density at radius 3 is 2.62 bits per heavy atom. The number of piperidine rings is 1. The van der Waals surface area contributed by atoms with E-state index in [1.54, 1.807) is 7.11 Å². The summed E-state index contributed by atoms with van der Waals surface area (Å²) in [4.78, 5) is 19.2. The number of halogens is 2. The van der Waals surface area contributed by atoms with Crippen molar-refractivity contribution in [3.63, 3.8) is 0 Å². The van der Waals surface area contributed by atoms with Crippen molar-refractivity contribution < 1.29 is 9.53 Å². The van der Waals surface area contributed by atoms with Gasteiger partial charge in [0.2, 0.25) is 0 Å². The smallest absolute Gasteiger partial charge is 0.272 e. The van der Waals surface area contributed by atoms with Gasteiger partial charge >= 0.3 is 0 Å². The van der Waals surface area contributed by atoms with Gasteiger partial charge in [-0.2, -0.15) is 0 Å². The maximum Gasteiger partial charge on any atom is 0.272 e. The lowest BCUT2D eigenvalue weighted by atomic mass is 9.93. The number of amides is 1. The van der Waals surface area contributed by atoms with E-state index in [0.717, 1.165) is 55.0 Å². The molecule has 0 bridgehead atoms. The molecule has 0 aliphatic carbocycles. The molecular formula is C19H27Cl2N3O2. The van der Waals surface area contributed by atoms with Crippen LogP contribution in [0.15, 0.2) is 30.3 Å². The van der Waals surface area contributed by atoms with Crippen LogP contribution >= 0.6 is 24.8 Å². The van der Waals surface area contributed by atoms with Gasteiger partial charge < -0.3 is 15.0 Å². The molecule has 1 N–H and O–H groups in total. The molecule has 0 saturated carbocycles. The first-order chi connectivity index (χ1) is 11.7. The Labute approximate surface area is 167 Å². The van der Waals surface area contributed by atoms with E-state index in [4.69, 9.17) is 4.74 Å². The second-order valence-electron chi connectivity index (χ2n) is 6.38. The second kappa shape index (κ2) is 10.6. The van der Waals surface area contributed by atoms with Crippen molar-refractivity contribution in [2.24, 2.45) is 5.92 Å². The topological polar surface area (TPSA) is 54.5 Å². The van der Waals surface area contributed by atoms with Crippen molar-refractivity contribution in [3.8, 4) is 5.75 Å². The van der Waals surface area contributed by atoms with Crippen LogP contribution in [0.5, 0.6) is 5.75 Å². The predicted molar refractivity (Wildman–Crippen MR) is 110 cm³/mol. The Morgan fingerprint density at radius 2 is 1.96 bits per heavy atom. The number of nitrogens with zero attached hydrogens (tertiary/aromatic N) is 2. The van der Waals surface area contributed by atoms with Crippen LogP contribution in [0, 0.1) is 5.92 Å². The number of carbonyl (C=O) groups excluding carboxylic acids is 1. The Morgan fingerprint density at radius 1 is 1.23 bits per heavy atom. The van der Waals surface area contributed by atoms with Gasteiger partial charge in [0.25, 0.3) is 5.91 Å². The van der Waals surface area contributed by atoms with Gasteiger partial charge in [-0.15, -0.1) is 24.8 Å². The van der Waals surface area contributed by atoms with Crippen molar-refractivity contribution in [1.29, 1.82) is 0 Å². The fraction of sp³-hybridized carbons (Fsp3) is 0.474. The highest BCUT2D eigenvalue weighted by Crippen LogP contribution is 2.23. The van der Waals surface area contributed by atoms with Crippen molar-refractivity contribution in [3.05, 3.63) is 36.0 Å². The van der Waals surface area contributed by atoms with Gasteiger partial charge in [-0.25, -0.2) is 4.98 Å². The number of rotatable bonds is 5. The highest BCUT2D eigenvalue weighted by molar-refractivity contribution is 5.95. The Bertz CT molecular complexity index is 719. The number of nitrogens with one attached hydrogen (secondary N) is 1. The fourth-order valence-electron chi connectivity index (χ4n) is 3.28. The van der Waals surface area contributed by atoms with Gasteiger partial charge in [0.1, 0.15) is 11.4 Å². The van der Waals surface area contributed by atoms with E-state index in [1.807, 2.05) is 42.3 Å². The van der Waals surface area contributed by atoms with E-state index in [1.165, 1.54) is 6.42 Å². The average Bonchev–Trinajstić information content (AvgIpc) is 2.65. The lowest BCUT2D eigenvalue weighted by molar-refractivity contribution is 0.0681. The molecule has 1 saturated heterocycles. The van der Waals surface area contributed by atoms with Crippen molar-refractivity contribution in [2.45, 2.75) is 19.3 Å². The van der Waals surface area contributed by atoms with Gasteiger partial charge in [0, 0.05) is 18.5 Å². The number of aromatic nitrogens is 1. The molecule has 0 unspecified atom stereocenters. The highest BCUT2D eigenvalue weighted by Gasteiger charge is 2.24. The van der Waals surface area contributed by atoms with Crippen LogP contribution in [0.3, 0.4) is 0 Å². The first-order valence-electron chi connectivity index (χ1n) is 8.60. The normalized spacial score (nSPS) is 14.5. The number of pyridine rings is 1. The SMILES string of the molecule is CNCCC1CCN(C(=O)c2ccc3cc(OC)ccc3n2)CC1.Cl.Cl. The zero-order valence-electron chi connectivity index (χ0n) is 15.2. The summed E-state index contributed by atoms with van der Waals surface area (Å²) in [6.45, 7) is 2.71. The number of hydrogen-bond donors (Lipinski definition) is 1. The van der Waals surface area contributed by atoms with E-state index in [-0.39, 0.29) is 30.7 Å². The number of fused-ring (bicyclic) bond motifs is 1. The van der Waals surface area contributed by atoms with Gasteiger partial charge in [-0.3, -0.25) is 4.79 Å². The van der Waals surface area contributed by atoms with Gasteiger partial charge in [0.05, 0.1) is 12.6 Å². The van der Waals surface area contributed by atoms with Gasteiger partial charge in [-0.05, 0) is 63.0 Å². The first kappa shape index (κ1) is 22.5. The Balaban J connectivity index is 0.00000169. The fourth-order valence-corrected chi connectivity index (χ4v) is 3.28. The largest absolute Gasteiger partial charge is 0.497 e. The van der Waals surface area contributed by atoms with Crippen LogP contribution in [-0.2, 0) is 0 Å². The number of methoxy groups -OCH3 is 1. The minimum Gasteiger partial charge on any atom is -0.497 e. The quantitative estimate of drug-likeness (QED) is 0.834. The van der Waals surface area contributed by atoms with Gasteiger partial charge in [-0.1, -0.05) is 6.07 Å². The van der Waals surface area contributed by atoms with E-state index >= 15 is 0 Å². The van der Waals surface area contributed by atoms with Crippen molar-refractivity contribution in [1.82, 2.24) is 15.2 Å². The van der Waals surface area contributed by atoms with Crippen LogP contribution < -0.4 is 10.1 Å². The van der Waals surface area contributed by atoms with Gasteiger partial charge in [0.15, 0.2) is 0 Å². The summed E-state index contributed by atoms with van der Waals surface area (Å²) in [5.74, 6) is 1.56.